The second kappa shape index (κ2) is 12.9. The fraction of sp³-hybridized carbons (Fsp3) is 0.321. The molecule has 1 aliphatic heterocycles. The van der Waals surface area contributed by atoms with E-state index in [4.69, 9.17) is 0 Å². The van der Waals surface area contributed by atoms with E-state index in [1.165, 1.54) is 28.6 Å². The standard InChI is InChI=1S/C28H32F2N4O3S/c29-25-12-8-23(9-13-25)27(24-10-14-26(30)15-11-24)7-4-16-33-17-19-34(20-18-33)38(36,37)32-28(35)31-21-22-5-2-1-3-6-22/h1-3,5-6,8-15,27H,4,7,16-21H2,(H2,31,32,35). The molecular weight excluding hydrogens is 510 g/mol. The number of urea groups is 1. The molecule has 1 aliphatic rings. The maximum Gasteiger partial charge on any atom is 0.329 e. The highest BCUT2D eigenvalue weighted by atomic mass is 32.2. The predicted molar refractivity (Wildman–Crippen MR) is 143 cm³/mol. The summed E-state index contributed by atoms with van der Waals surface area (Å²) in [7, 11) is -3.94. The van der Waals surface area contributed by atoms with Gasteiger partial charge in [0.1, 0.15) is 11.6 Å². The summed E-state index contributed by atoms with van der Waals surface area (Å²) in [5, 5.41) is 2.57. The van der Waals surface area contributed by atoms with Crippen molar-refractivity contribution in [3.8, 4) is 0 Å². The molecule has 202 valence electrons. The fourth-order valence-corrected chi connectivity index (χ4v) is 5.70. The second-order valence-electron chi connectivity index (χ2n) is 9.31. The summed E-state index contributed by atoms with van der Waals surface area (Å²) in [6.45, 7) is 2.64. The first kappa shape index (κ1) is 27.7. The van der Waals surface area contributed by atoms with Crippen LogP contribution in [-0.4, -0.2) is 56.4 Å². The van der Waals surface area contributed by atoms with Gasteiger partial charge >= 0.3 is 16.2 Å². The molecule has 0 atom stereocenters. The van der Waals surface area contributed by atoms with Gasteiger partial charge in [0.05, 0.1) is 0 Å². The van der Waals surface area contributed by atoms with Crippen LogP contribution in [-0.2, 0) is 16.8 Å². The van der Waals surface area contributed by atoms with E-state index in [2.05, 4.69) is 14.9 Å². The number of amides is 2. The Labute approximate surface area is 222 Å². The molecular formula is C28H32F2N4O3S. The van der Waals surface area contributed by atoms with E-state index >= 15 is 0 Å². The summed E-state index contributed by atoms with van der Waals surface area (Å²) in [6, 6.07) is 21.2. The van der Waals surface area contributed by atoms with Crippen molar-refractivity contribution >= 4 is 16.2 Å². The molecule has 0 unspecified atom stereocenters. The first-order chi connectivity index (χ1) is 18.3. The average molecular weight is 543 g/mol. The molecule has 1 saturated heterocycles. The van der Waals surface area contributed by atoms with Crippen molar-refractivity contribution in [2.24, 2.45) is 0 Å². The van der Waals surface area contributed by atoms with Gasteiger partial charge in [-0.2, -0.15) is 12.7 Å². The van der Waals surface area contributed by atoms with Crippen LogP contribution in [0, 0.1) is 11.6 Å². The third-order valence-corrected chi connectivity index (χ3v) is 8.19. The van der Waals surface area contributed by atoms with Crippen LogP contribution in [0.5, 0.6) is 0 Å². The van der Waals surface area contributed by atoms with Crippen molar-refractivity contribution in [1.82, 2.24) is 19.2 Å². The van der Waals surface area contributed by atoms with Crippen molar-refractivity contribution in [2.45, 2.75) is 25.3 Å². The number of carbonyl (C=O) groups is 1. The lowest BCUT2D eigenvalue weighted by molar-refractivity contribution is 0.184. The molecule has 3 aromatic carbocycles. The van der Waals surface area contributed by atoms with Crippen LogP contribution in [0.25, 0.3) is 0 Å². The van der Waals surface area contributed by atoms with Gasteiger partial charge in [-0.15, -0.1) is 0 Å². The summed E-state index contributed by atoms with van der Waals surface area (Å²) < 4.78 is 55.6. The smallest absolute Gasteiger partial charge is 0.329 e. The molecule has 0 saturated carbocycles. The van der Waals surface area contributed by atoms with Gasteiger partial charge in [0.15, 0.2) is 0 Å². The Morgan fingerprint density at radius 2 is 1.37 bits per heavy atom. The van der Waals surface area contributed by atoms with Crippen LogP contribution >= 0.6 is 0 Å². The number of benzene rings is 3. The van der Waals surface area contributed by atoms with Crippen molar-refractivity contribution in [1.29, 1.82) is 0 Å². The fourth-order valence-electron chi connectivity index (χ4n) is 4.62. The van der Waals surface area contributed by atoms with Gasteiger partial charge in [0.25, 0.3) is 0 Å². The van der Waals surface area contributed by atoms with Gasteiger partial charge in [-0.1, -0.05) is 54.6 Å². The van der Waals surface area contributed by atoms with E-state index in [-0.39, 0.29) is 37.2 Å². The topological polar surface area (TPSA) is 81.8 Å². The zero-order valence-corrected chi connectivity index (χ0v) is 21.8. The molecule has 4 rings (SSSR count). The Morgan fingerprint density at radius 3 is 1.92 bits per heavy atom. The minimum atomic E-state index is -3.94. The van der Waals surface area contributed by atoms with Crippen LogP contribution in [0.15, 0.2) is 78.9 Å². The Morgan fingerprint density at radius 1 is 0.816 bits per heavy atom. The van der Waals surface area contributed by atoms with Gasteiger partial charge in [-0.25, -0.2) is 18.3 Å². The molecule has 3 aromatic rings. The predicted octanol–water partition coefficient (Wildman–Crippen LogP) is 4.24. The quantitative estimate of drug-likeness (QED) is 0.402. The third kappa shape index (κ3) is 7.83. The van der Waals surface area contributed by atoms with E-state index in [1.54, 1.807) is 24.3 Å². The number of rotatable bonds is 10. The van der Waals surface area contributed by atoms with Crippen LogP contribution in [0.3, 0.4) is 0 Å². The number of carbonyl (C=O) groups excluding carboxylic acids is 1. The van der Waals surface area contributed by atoms with Gasteiger partial charge < -0.3 is 10.2 Å². The van der Waals surface area contributed by atoms with Gasteiger partial charge in [-0.3, -0.25) is 0 Å². The summed E-state index contributed by atoms with van der Waals surface area (Å²) in [4.78, 5) is 14.3. The Hall–Kier alpha value is -3.34. The second-order valence-corrected chi connectivity index (χ2v) is 11.0. The number of hydrogen-bond acceptors (Lipinski definition) is 4. The van der Waals surface area contributed by atoms with Crippen LogP contribution in [0.1, 0.15) is 35.4 Å². The molecule has 0 radical (unpaired) electrons. The van der Waals surface area contributed by atoms with E-state index in [0.29, 0.717) is 13.1 Å². The molecule has 7 nitrogen and oxygen atoms in total. The summed E-state index contributed by atoms with van der Waals surface area (Å²) in [6.07, 6.45) is 1.60. The molecule has 0 aromatic heterocycles. The van der Waals surface area contributed by atoms with Crippen molar-refractivity contribution in [2.75, 3.05) is 32.7 Å². The normalized spacial score (nSPS) is 14.9. The van der Waals surface area contributed by atoms with Crippen molar-refractivity contribution in [3.63, 3.8) is 0 Å². The lowest BCUT2D eigenvalue weighted by Crippen LogP contribution is -2.54. The zero-order chi connectivity index (χ0) is 27.0. The van der Waals surface area contributed by atoms with Crippen LogP contribution in [0.2, 0.25) is 0 Å². The van der Waals surface area contributed by atoms with E-state index in [1.807, 2.05) is 30.3 Å². The largest absolute Gasteiger partial charge is 0.333 e. The van der Waals surface area contributed by atoms with E-state index in [0.717, 1.165) is 36.1 Å². The number of halogens is 2. The SMILES string of the molecule is O=C(NCc1ccccc1)NS(=O)(=O)N1CCN(CCCC(c2ccc(F)cc2)c2ccc(F)cc2)CC1. The number of nitrogens with zero attached hydrogens (tertiary/aromatic N) is 2. The maximum absolute atomic E-state index is 13.5. The van der Waals surface area contributed by atoms with Crippen molar-refractivity contribution in [3.05, 3.63) is 107 Å². The number of hydrogen-bond donors (Lipinski definition) is 2. The Bertz CT molecular complexity index is 1240. The molecule has 0 bridgehead atoms. The summed E-state index contributed by atoms with van der Waals surface area (Å²) >= 11 is 0. The van der Waals surface area contributed by atoms with Crippen molar-refractivity contribution < 1.29 is 22.0 Å². The Kier molecular flexibility index (Phi) is 9.43. The van der Waals surface area contributed by atoms with Gasteiger partial charge in [-0.05, 0) is 60.3 Å². The first-order valence-corrected chi connectivity index (χ1v) is 14.1. The highest BCUT2D eigenvalue weighted by Crippen LogP contribution is 2.30. The minimum Gasteiger partial charge on any atom is -0.333 e. The monoisotopic (exact) mass is 542 g/mol. The summed E-state index contributed by atoms with van der Waals surface area (Å²) in [5.41, 5.74) is 2.80. The van der Waals surface area contributed by atoms with Crippen LogP contribution in [0.4, 0.5) is 13.6 Å². The number of nitrogens with one attached hydrogen (secondary N) is 2. The molecule has 2 N–H and O–H groups in total. The van der Waals surface area contributed by atoms with Gasteiger partial charge in [0.2, 0.25) is 0 Å². The molecule has 2 amide bonds. The van der Waals surface area contributed by atoms with Gasteiger partial charge in [0, 0.05) is 38.6 Å². The van der Waals surface area contributed by atoms with E-state index < -0.39 is 16.2 Å². The molecule has 1 heterocycles. The molecule has 38 heavy (non-hydrogen) atoms. The van der Waals surface area contributed by atoms with Crippen LogP contribution < -0.4 is 10.0 Å². The lowest BCUT2D eigenvalue weighted by atomic mass is 9.87. The average Bonchev–Trinajstić information content (AvgIpc) is 2.92. The minimum absolute atomic E-state index is 0.00327. The lowest BCUT2D eigenvalue weighted by Gasteiger charge is -2.34. The number of piperazine rings is 1. The highest BCUT2D eigenvalue weighted by Gasteiger charge is 2.28. The molecule has 0 aliphatic carbocycles. The molecule has 0 spiro atoms. The third-order valence-electron chi connectivity index (χ3n) is 6.70. The highest BCUT2D eigenvalue weighted by molar-refractivity contribution is 7.87. The first-order valence-electron chi connectivity index (χ1n) is 12.6. The maximum atomic E-state index is 13.5. The van der Waals surface area contributed by atoms with E-state index in [9.17, 15) is 22.0 Å². The molecule has 1 fully saturated rings. The molecule has 10 heteroatoms. The zero-order valence-electron chi connectivity index (χ0n) is 21.0. The Balaban J connectivity index is 1.25. The summed E-state index contributed by atoms with van der Waals surface area (Å²) in [5.74, 6) is -0.610.